The molecule has 1 amide bonds. The van der Waals surface area contributed by atoms with Crippen LogP contribution in [0.1, 0.15) is 31.9 Å². The molecule has 0 fully saturated rings. The Morgan fingerprint density at radius 1 is 1.31 bits per heavy atom. The van der Waals surface area contributed by atoms with Crippen LogP contribution in [0.3, 0.4) is 0 Å². The number of alkyl halides is 1. The number of rotatable bonds is 5. The quantitative estimate of drug-likeness (QED) is 0.826. The number of halogens is 1. The molecule has 1 rings (SSSR count). The minimum atomic E-state index is 0.0366. The van der Waals surface area contributed by atoms with Crippen LogP contribution in [0, 0.1) is 5.92 Å². The van der Waals surface area contributed by atoms with Gasteiger partial charge >= 0.3 is 0 Å². The van der Waals surface area contributed by atoms with Crippen molar-refractivity contribution in [2.45, 2.75) is 26.3 Å². The van der Waals surface area contributed by atoms with Gasteiger partial charge in [0.15, 0.2) is 0 Å². The van der Waals surface area contributed by atoms with Gasteiger partial charge in [0, 0.05) is 0 Å². The molecule has 16 heavy (non-hydrogen) atoms. The monoisotopic (exact) mass is 283 g/mol. The van der Waals surface area contributed by atoms with Crippen LogP contribution in [-0.4, -0.2) is 11.2 Å². The third-order valence-electron chi connectivity index (χ3n) is 2.37. The van der Waals surface area contributed by atoms with Crippen molar-refractivity contribution in [3.63, 3.8) is 0 Å². The molecule has 1 aromatic carbocycles. The number of amides is 1. The summed E-state index contributed by atoms with van der Waals surface area (Å²) in [4.78, 5) is 11.4. The van der Waals surface area contributed by atoms with Crippen molar-refractivity contribution in [2.75, 3.05) is 5.33 Å². The lowest BCUT2D eigenvalue weighted by molar-refractivity contribution is -0.119. The highest BCUT2D eigenvalue weighted by atomic mass is 79.9. The van der Waals surface area contributed by atoms with Crippen LogP contribution < -0.4 is 5.32 Å². The van der Waals surface area contributed by atoms with E-state index in [4.69, 9.17) is 0 Å². The van der Waals surface area contributed by atoms with Gasteiger partial charge in [0.1, 0.15) is 0 Å². The smallest absolute Gasteiger partial charge is 0.231 e. The lowest BCUT2D eigenvalue weighted by Gasteiger charge is -2.20. The van der Waals surface area contributed by atoms with Gasteiger partial charge in [0.05, 0.1) is 11.4 Å². The summed E-state index contributed by atoms with van der Waals surface area (Å²) in [5.74, 6) is 0.593. The van der Waals surface area contributed by atoms with E-state index in [0.29, 0.717) is 11.2 Å². The second kappa shape index (κ2) is 6.69. The summed E-state index contributed by atoms with van der Waals surface area (Å²) < 4.78 is 0. The molecule has 0 heterocycles. The second-order valence-corrected chi connectivity index (χ2v) is 4.85. The molecule has 0 radical (unpaired) electrons. The Labute approximate surface area is 106 Å². The molecule has 0 aliphatic rings. The zero-order chi connectivity index (χ0) is 12.0. The van der Waals surface area contributed by atoms with E-state index < -0.39 is 0 Å². The van der Waals surface area contributed by atoms with Crippen LogP contribution in [0.4, 0.5) is 0 Å². The Morgan fingerprint density at radius 3 is 2.44 bits per heavy atom. The first-order valence-corrected chi connectivity index (χ1v) is 6.66. The Bertz CT molecular complexity index is 324. The summed E-state index contributed by atoms with van der Waals surface area (Å²) in [6.45, 7) is 4.33. The molecule has 0 aliphatic heterocycles. The third-order valence-corrected chi connectivity index (χ3v) is 2.87. The number of hydrogen-bond acceptors (Lipinski definition) is 1. The Morgan fingerprint density at radius 2 is 1.94 bits per heavy atom. The first-order valence-electron chi connectivity index (χ1n) is 5.53. The fraction of sp³-hybridized carbons (Fsp3) is 0.462. The lowest BCUT2D eigenvalue weighted by Crippen LogP contribution is -2.30. The van der Waals surface area contributed by atoms with E-state index in [0.717, 1.165) is 6.42 Å². The molecule has 0 aliphatic carbocycles. The van der Waals surface area contributed by atoms with E-state index in [9.17, 15) is 4.79 Å². The Balaban J connectivity index is 2.75. The van der Waals surface area contributed by atoms with Gasteiger partial charge in [-0.05, 0) is 17.9 Å². The van der Waals surface area contributed by atoms with Gasteiger partial charge in [-0.15, -0.1) is 0 Å². The van der Waals surface area contributed by atoms with E-state index in [1.807, 2.05) is 18.2 Å². The van der Waals surface area contributed by atoms with Crippen molar-refractivity contribution < 1.29 is 4.79 Å². The minimum Gasteiger partial charge on any atom is -0.349 e. The van der Waals surface area contributed by atoms with Crippen molar-refractivity contribution in [1.82, 2.24) is 5.32 Å². The highest BCUT2D eigenvalue weighted by Gasteiger charge is 2.14. The maximum absolute atomic E-state index is 11.4. The Hall–Kier alpha value is -0.830. The number of hydrogen-bond donors (Lipinski definition) is 1. The minimum absolute atomic E-state index is 0.0366. The maximum atomic E-state index is 11.4. The molecule has 1 N–H and O–H groups in total. The van der Waals surface area contributed by atoms with E-state index >= 15 is 0 Å². The van der Waals surface area contributed by atoms with Crippen molar-refractivity contribution in [2.24, 2.45) is 5.92 Å². The number of carbonyl (C=O) groups excluding carboxylic acids is 1. The highest BCUT2D eigenvalue weighted by molar-refractivity contribution is 9.09. The summed E-state index contributed by atoms with van der Waals surface area (Å²) in [6.07, 6.45) is 0.961. The van der Waals surface area contributed by atoms with Gasteiger partial charge in [0.2, 0.25) is 5.91 Å². The molecular weight excluding hydrogens is 266 g/mol. The van der Waals surface area contributed by atoms with Gasteiger partial charge in [0.25, 0.3) is 0 Å². The molecule has 0 saturated heterocycles. The van der Waals surface area contributed by atoms with Gasteiger partial charge in [-0.25, -0.2) is 0 Å². The number of nitrogens with one attached hydrogen (secondary N) is 1. The molecule has 1 atom stereocenters. The molecule has 0 bridgehead atoms. The van der Waals surface area contributed by atoms with Crippen LogP contribution in [0.2, 0.25) is 0 Å². The van der Waals surface area contributed by atoms with Gasteiger partial charge < -0.3 is 5.32 Å². The number of benzene rings is 1. The summed E-state index contributed by atoms with van der Waals surface area (Å²) in [7, 11) is 0. The fourth-order valence-corrected chi connectivity index (χ4v) is 1.83. The summed E-state index contributed by atoms with van der Waals surface area (Å²) in [5.41, 5.74) is 1.17. The zero-order valence-electron chi connectivity index (χ0n) is 9.74. The van der Waals surface area contributed by atoms with Crippen LogP contribution in [0.15, 0.2) is 30.3 Å². The normalized spacial score (nSPS) is 12.5. The summed E-state index contributed by atoms with van der Waals surface area (Å²) >= 11 is 3.17. The van der Waals surface area contributed by atoms with Crippen molar-refractivity contribution in [1.29, 1.82) is 0 Å². The van der Waals surface area contributed by atoms with E-state index in [-0.39, 0.29) is 11.9 Å². The zero-order valence-corrected chi connectivity index (χ0v) is 11.3. The molecule has 1 unspecified atom stereocenters. The predicted octanol–water partition coefficient (Wildman–Crippen LogP) is 3.28. The van der Waals surface area contributed by atoms with Crippen molar-refractivity contribution in [3.05, 3.63) is 35.9 Å². The summed E-state index contributed by atoms with van der Waals surface area (Å²) in [6, 6.07) is 10.2. The van der Waals surface area contributed by atoms with Crippen LogP contribution in [-0.2, 0) is 4.79 Å². The lowest BCUT2D eigenvalue weighted by atomic mass is 9.97. The van der Waals surface area contributed by atoms with E-state index in [1.165, 1.54) is 5.56 Å². The van der Waals surface area contributed by atoms with Gasteiger partial charge in [-0.3, -0.25) is 4.79 Å². The molecule has 3 heteroatoms. The Kier molecular flexibility index (Phi) is 5.53. The molecule has 88 valence electrons. The van der Waals surface area contributed by atoms with Gasteiger partial charge in [-0.1, -0.05) is 60.1 Å². The average Bonchev–Trinajstić information content (AvgIpc) is 2.28. The maximum Gasteiger partial charge on any atom is 0.231 e. The molecular formula is C13H18BrNO. The fourth-order valence-electron chi connectivity index (χ4n) is 1.67. The average molecular weight is 284 g/mol. The first-order chi connectivity index (χ1) is 7.63. The van der Waals surface area contributed by atoms with Crippen LogP contribution in [0.25, 0.3) is 0 Å². The van der Waals surface area contributed by atoms with Crippen molar-refractivity contribution >= 4 is 21.8 Å². The predicted molar refractivity (Wildman–Crippen MR) is 70.6 cm³/mol. The highest BCUT2D eigenvalue weighted by Crippen LogP contribution is 2.20. The second-order valence-electron chi connectivity index (χ2n) is 4.29. The third kappa shape index (κ3) is 4.35. The molecule has 0 aromatic heterocycles. The first kappa shape index (κ1) is 13.2. The van der Waals surface area contributed by atoms with Gasteiger partial charge in [-0.2, -0.15) is 0 Å². The largest absolute Gasteiger partial charge is 0.349 e. The number of carbonyl (C=O) groups is 1. The van der Waals surface area contributed by atoms with Crippen molar-refractivity contribution in [3.8, 4) is 0 Å². The molecule has 0 saturated carbocycles. The molecule has 2 nitrogen and oxygen atoms in total. The van der Waals surface area contributed by atoms with E-state index in [1.54, 1.807) is 0 Å². The molecule has 1 aromatic rings. The SMILES string of the molecule is CC(C)CC(NC(=O)CBr)c1ccccc1. The topological polar surface area (TPSA) is 29.1 Å². The van der Waals surface area contributed by atoms with E-state index in [2.05, 4.69) is 47.2 Å². The standard InChI is InChI=1S/C13H18BrNO/c1-10(2)8-12(15-13(16)9-14)11-6-4-3-5-7-11/h3-7,10,12H,8-9H2,1-2H3,(H,15,16). The summed E-state index contributed by atoms with van der Waals surface area (Å²) in [5, 5.41) is 3.38. The van der Waals surface area contributed by atoms with Crippen LogP contribution >= 0.6 is 15.9 Å². The molecule has 0 spiro atoms. The van der Waals surface area contributed by atoms with Crippen LogP contribution in [0.5, 0.6) is 0 Å².